The summed E-state index contributed by atoms with van der Waals surface area (Å²) in [5.41, 5.74) is 0.405. The molecule has 2 rings (SSSR count). The molecule has 0 aliphatic heterocycles. The number of benzene rings is 1. The number of hydrogen-bond acceptors (Lipinski definition) is 5. The van der Waals surface area contributed by atoms with E-state index in [9.17, 15) is 14.4 Å². The van der Waals surface area contributed by atoms with Gasteiger partial charge in [0.2, 0.25) is 0 Å². The second kappa shape index (κ2) is 9.79. The van der Waals surface area contributed by atoms with Gasteiger partial charge < -0.3 is 20.1 Å². The number of nitrogens with one attached hydrogen (secondary N) is 2. The summed E-state index contributed by atoms with van der Waals surface area (Å²) < 4.78 is 9.94. The van der Waals surface area contributed by atoms with E-state index in [1.54, 1.807) is 24.3 Å². The van der Waals surface area contributed by atoms with E-state index in [4.69, 9.17) is 9.47 Å². The van der Waals surface area contributed by atoms with Gasteiger partial charge in [-0.3, -0.25) is 14.4 Å². The highest BCUT2D eigenvalue weighted by atomic mass is 16.5. The maximum absolute atomic E-state index is 11.9. The largest absolute Gasteiger partial charge is 0.497 e. The van der Waals surface area contributed by atoms with Crippen LogP contribution in [0.1, 0.15) is 43.0 Å². The lowest BCUT2D eigenvalue weighted by Gasteiger charge is -2.29. The topological polar surface area (TPSA) is 93.7 Å². The van der Waals surface area contributed by atoms with Gasteiger partial charge in [-0.15, -0.1) is 0 Å². The first-order valence-corrected chi connectivity index (χ1v) is 8.87. The second-order valence-electron chi connectivity index (χ2n) is 6.51. The molecule has 2 amide bonds. The summed E-state index contributed by atoms with van der Waals surface area (Å²) in [4.78, 5) is 35.5. The standard InChI is InChI=1S/C19H26N2O5/c1-13-5-3-4-6-16(13)21-17(22)12-26-18(23)11-20-19(24)14-7-9-15(25-2)10-8-14/h7-10,13,16H,3-6,11-12H2,1-2H3,(H,20,24)(H,21,22)/t13-,16-/m0/s1. The van der Waals surface area contributed by atoms with Crippen molar-refractivity contribution in [3.63, 3.8) is 0 Å². The van der Waals surface area contributed by atoms with Gasteiger partial charge in [0.15, 0.2) is 6.61 Å². The molecule has 1 saturated carbocycles. The van der Waals surface area contributed by atoms with Crippen LogP contribution in [0, 0.1) is 5.92 Å². The molecule has 0 spiro atoms. The molecule has 26 heavy (non-hydrogen) atoms. The van der Waals surface area contributed by atoms with Crippen LogP contribution in [0.4, 0.5) is 0 Å². The second-order valence-corrected chi connectivity index (χ2v) is 6.51. The maximum atomic E-state index is 11.9. The molecule has 1 aromatic carbocycles. The van der Waals surface area contributed by atoms with E-state index in [0.29, 0.717) is 17.2 Å². The fourth-order valence-corrected chi connectivity index (χ4v) is 2.97. The molecule has 7 heteroatoms. The Morgan fingerprint density at radius 2 is 1.81 bits per heavy atom. The summed E-state index contributed by atoms with van der Waals surface area (Å²) >= 11 is 0. The molecule has 0 aromatic heterocycles. The molecule has 0 unspecified atom stereocenters. The van der Waals surface area contributed by atoms with Crippen LogP contribution in [-0.4, -0.2) is 44.1 Å². The first kappa shape index (κ1) is 19.8. The van der Waals surface area contributed by atoms with Gasteiger partial charge in [-0.2, -0.15) is 0 Å². The molecule has 1 aliphatic carbocycles. The highest BCUT2D eigenvalue weighted by Crippen LogP contribution is 2.23. The Hall–Kier alpha value is -2.57. The predicted octanol–water partition coefficient (Wildman–Crippen LogP) is 1.66. The molecule has 2 atom stereocenters. The molecule has 1 aliphatic rings. The molecular formula is C19H26N2O5. The van der Waals surface area contributed by atoms with Gasteiger partial charge in [0.25, 0.3) is 11.8 Å². The summed E-state index contributed by atoms with van der Waals surface area (Å²) in [6.07, 6.45) is 4.35. The third kappa shape index (κ3) is 6.06. The molecule has 142 valence electrons. The number of ether oxygens (including phenoxy) is 2. The fourth-order valence-electron chi connectivity index (χ4n) is 2.97. The van der Waals surface area contributed by atoms with E-state index in [1.165, 1.54) is 13.5 Å². The van der Waals surface area contributed by atoms with E-state index < -0.39 is 11.9 Å². The average molecular weight is 362 g/mol. The third-order valence-corrected chi connectivity index (χ3v) is 4.57. The number of esters is 1. The average Bonchev–Trinajstić information content (AvgIpc) is 2.66. The van der Waals surface area contributed by atoms with Gasteiger partial charge in [-0.25, -0.2) is 0 Å². The van der Waals surface area contributed by atoms with Gasteiger partial charge in [0.1, 0.15) is 12.3 Å². The Morgan fingerprint density at radius 3 is 2.46 bits per heavy atom. The molecule has 0 radical (unpaired) electrons. The fraction of sp³-hybridized carbons (Fsp3) is 0.526. The highest BCUT2D eigenvalue weighted by Gasteiger charge is 2.23. The van der Waals surface area contributed by atoms with Crippen molar-refractivity contribution in [1.82, 2.24) is 10.6 Å². The van der Waals surface area contributed by atoms with Crippen LogP contribution in [-0.2, 0) is 14.3 Å². The number of rotatable bonds is 7. The zero-order chi connectivity index (χ0) is 18.9. The van der Waals surface area contributed by atoms with Crippen molar-refractivity contribution in [2.45, 2.75) is 38.6 Å². The monoisotopic (exact) mass is 362 g/mol. The van der Waals surface area contributed by atoms with Crippen LogP contribution in [0.2, 0.25) is 0 Å². The Kier molecular flexibility index (Phi) is 7.44. The van der Waals surface area contributed by atoms with Gasteiger partial charge in [-0.1, -0.05) is 19.8 Å². The smallest absolute Gasteiger partial charge is 0.325 e. The van der Waals surface area contributed by atoms with E-state index >= 15 is 0 Å². The van der Waals surface area contributed by atoms with Crippen molar-refractivity contribution >= 4 is 17.8 Å². The van der Waals surface area contributed by atoms with Crippen LogP contribution in [0.3, 0.4) is 0 Å². The lowest BCUT2D eigenvalue weighted by Crippen LogP contribution is -2.43. The Balaban J connectivity index is 1.67. The summed E-state index contributed by atoms with van der Waals surface area (Å²) in [6.45, 7) is 1.49. The molecule has 0 saturated heterocycles. The molecular weight excluding hydrogens is 336 g/mol. The summed E-state index contributed by atoms with van der Waals surface area (Å²) in [5.74, 6) is -0.284. The van der Waals surface area contributed by atoms with Gasteiger partial charge in [-0.05, 0) is 43.0 Å². The van der Waals surface area contributed by atoms with Crippen LogP contribution in [0.15, 0.2) is 24.3 Å². The molecule has 1 aromatic rings. The lowest BCUT2D eigenvalue weighted by atomic mass is 9.86. The van der Waals surface area contributed by atoms with Crippen molar-refractivity contribution in [2.75, 3.05) is 20.3 Å². The van der Waals surface area contributed by atoms with Crippen molar-refractivity contribution in [3.05, 3.63) is 29.8 Å². The lowest BCUT2D eigenvalue weighted by molar-refractivity contribution is -0.147. The van der Waals surface area contributed by atoms with Crippen molar-refractivity contribution < 1.29 is 23.9 Å². The number of carbonyl (C=O) groups is 3. The highest BCUT2D eigenvalue weighted by molar-refractivity contribution is 5.96. The minimum atomic E-state index is -0.654. The van der Waals surface area contributed by atoms with E-state index in [-0.39, 0.29) is 25.1 Å². The van der Waals surface area contributed by atoms with Crippen molar-refractivity contribution in [2.24, 2.45) is 5.92 Å². The molecule has 1 fully saturated rings. The van der Waals surface area contributed by atoms with E-state index in [2.05, 4.69) is 17.6 Å². The van der Waals surface area contributed by atoms with Crippen molar-refractivity contribution in [3.8, 4) is 5.75 Å². The van der Waals surface area contributed by atoms with Crippen LogP contribution in [0.25, 0.3) is 0 Å². The van der Waals surface area contributed by atoms with Crippen LogP contribution >= 0.6 is 0 Å². The minimum Gasteiger partial charge on any atom is -0.497 e. The van der Waals surface area contributed by atoms with Gasteiger partial charge in [0.05, 0.1) is 7.11 Å². The molecule has 2 N–H and O–H groups in total. The Bertz CT molecular complexity index is 629. The number of carbonyl (C=O) groups excluding carboxylic acids is 3. The summed E-state index contributed by atoms with van der Waals surface area (Å²) in [7, 11) is 1.54. The number of hydrogen-bond donors (Lipinski definition) is 2. The first-order valence-electron chi connectivity index (χ1n) is 8.87. The molecule has 7 nitrogen and oxygen atoms in total. The normalized spacial score (nSPS) is 19.3. The zero-order valence-corrected chi connectivity index (χ0v) is 15.2. The predicted molar refractivity (Wildman–Crippen MR) is 95.8 cm³/mol. The third-order valence-electron chi connectivity index (χ3n) is 4.57. The maximum Gasteiger partial charge on any atom is 0.325 e. The first-order chi connectivity index (χ1) is 12.5. The van der Waals surface area contributed by atoms with Gasteiger partial charge in [0, 0.05) is 11.6 Å². The van der Waals surface area contributed by atoms with Crippen molar-refractivity contribution in [1.29, 1.82) is 0 Å². The quantitative estimate of drug-likeness (QED) is 0.720. The summed E-state index contributed by atoms with van der Waals surface area (Å²) in [5, 5.41) is 5.37. The molecule has 0 bridgehead atoms. The van der Waals surface area contributed by atoms with E-state index in [1.807, 2.05) is 0 Å². The van der Waals surface area contributed by atoms with Crippen LogP contribution in [0.5, 0.6) is 5.75 Å². The van der Waals surface area contributed by atoms with Gasteiger partial charge >= 0.3 is 5.97 Å². The number of methoxy groups -OCH3 is 1. The van der Waals surface area contributed by atoms with E-state index in [0.717, 1.165) is 19.3 Å². The Labute approximate surface area is 153 Å². The van der Waals surface area contributed by atoms with Crippen LogP contribution < -0.4 is 15.4 Å². The number of amides is 2. The Morgan fingerprint density at radius 1 is 1.12 bits per heavy atom. The zero-order valence-electron chi connectivity index (χ0n) is 15.2. The summed E-state index contributed by atoms with van der Waals surface area (Å²) in [6, 6.07) is 6.65. The minimum absolute atomic E-state index is 0.143. The molecule has 0 heterocycles. The SMILES string of the molecule is COc1ccc(C(=O)NCC(=O)OCC(=O)N[C@H]2CCCC[C@@H]2C)cc1.